The third kappa shape index (κ3) is 3.27. The Morgan fingerprint density at radius 1 is 1.40 bits per heavy atom. The first-order chi connectivity index (χ1) is 9.59. The second-order valence-corrected chi connectivity index (χ2v) is 4.82. The van der Waals surface area contributed by atoms with Gasteiger partial charge >= 0.3 is 0 Å². The summed E-state index contributed by atoms with van der Waals surface area (Å²) in [5, 5.41) is 7.58. The van der Waals surface area contributed by atoms with Gasteiger partial charge < -0.3 is 15.8 Å². The number of nitrogens with two attached hydrogens (primary N) is 1. The summed E-state index contributed by atoms with van der Waals surface area (Å²) < 4.78 is 7.36. The number of rotatable bonds is 6. The molecule has 0 aliphatic rings. The minimum absolute atomic E-state index is 0.349. The second kappa shape index (κ2) is 6.38. The van der Waals surface area contributed by atoms with Gasteiger partial charge in [-0.05, 0) is 19.1 Å². The van der Waals surface area contributed by atoms with Gasteiger partial charge in [-0.1, -0.05) is 30.4 Å². The van der Waals surface area contributed by atoms with Crippen molar-refractivity contribution < 1.29 is 4.74 Å². The Hall–Kier alpha value is -2.08. The zero-order valence-electron chi connectivity index (χ0n) is 11.6. The molecule has 0 bridgehead atoms. The summed E-state index contributed by atoms with van der Waals surface area (Å²) in [7, 11) is 1.86. The van der Waals surface area contributed by atoms with Crippen LogP contribution in [0.5, 0.6) is 5.75 Å². The lowest BCUT2D eigenvalue weighted by molar-refractivity contribution is 0.332. The summed E-state index contributed by atoms with van der Waals surface area (Å²) in [6.07, 6.45) is 0. The molecule has 0 aliphatic heterocycles. The molecule has 0 amide bonds. The summed E-state index contributed by atoms with van der Waals surface area (Å²) in [5.41, 5.74) is 7.35. The maximum atomic E-state index is 5.73. The highest BCUT2D eigenvalue weighted by atomic mass is 32.1. The normalized spacial score (nSPS) is 10.3. The van der Waals surface area contributed by atoms with Crippen molar-refractivity contribution in [3.8, 4) is 5.75 Å². The summed E-state index contributed by atoms with van der Waals surface area (Å²) >= 11 is 5.06. The third-order valence-electron chi connectivity index (χ3n) is 2.88. The highest BCUT2D eigenvalue weighted by Crippen LogP contribution is 2.18. The molecule has 2 rings (SSSR count). The maximum absolute atomic E-state index is 5.73. The van der Waals surface area contributed by atoms with Gasteiger partial charge in [0.15, 0.2) is 0 Å². The Bertz CT molecular complexity index is 595. The van der Waals surface area contributed by atoms with Crippen LogP contribution in [0.4, 0.5) is 5.82 Å². The van der Waals surface area contributed by atoms with Crippen molar-refractivity contribution in [3.63, 3.8) is 0 Å². The Kier molecular flexibility index (Phi) is 4.57. The van der Waals surface area contributed by atoms with E-state index < -0.39 is 0 Å². The molecule has 6 heteroatoms. The van der Waals surface area contributed by atoms with E-state index in [9.17, 15) is 0 Å². The molecule has 1 aromatic heterocycles. The largest absolute Gasteiger partial charge is 0.492 e. The molecule has 0 spiro atoms. The number of nitrogens with zero attached hydrogens (tertiary/aromatic N) is 2. The summed E-state index contributed by atoms with van der Waals surface area (Å²) in [5.74, 6) is 1.68. The Balaban J connectivity index is 1.93. The quantitative estimate of drug-likeness (QED) is 0.628. The molecule has 0 saturated heterocycles. The Labute approximate surface area is 123 Å². The zero-order chi connectivity index (χ0) is 14.5. The van der Waals surface area contributed by atoms with Gasteiger partial charge in [0.25, 0.3) is 0 Å². The molecule has 0 fully saturated rings. The number of hydrogen-bond donors (Lipinski definition) is 2. The van der Waals surface area contributed by atoms with Gasteiger partial charge in [-0.25, -0.2) is 0 Å². The number of hydrogen-bond acceptors (Lipinski definition) is 4. The molecule has 0 aliphatic carbocycles. The molecular formula is C14H18N4OS. The number of para-hydroxylation sites is 1. The highest BCUT2D eigenvalue weighted by Gasteiger charge is 2.14. The molecule has 1 heterocycles. The Morgan fingerprint density at radius 2 is 2.10 bits per heavy atom. The lowest BCUT2D eigenvalue weighted by Gasteiger charge is -2.10. The van der Waals surface area contributed by atoms with Crippen molar-refractivity contribution in [1.82, 2.24) is 9.78 Å². The molecule has 0 unspecified atom stereocenters. The average molecular weight is 290 g/mol. The monoisotopic (exact) mass is 290 g/mol. The summed E-state index contributed by atoms with van der Waals surface area (Å²) in [6.45, 7) is 3.08. The predicted octanol–water partition coefficient (Wildman–Crippen LogP) is 1.85. The molecule has 106 valence electrons. The molecule has 0 radical (unpaired) electrons. The zero-order valence-corrected chi connectivity index (χ0v) is 12.4. The number of nitrogens with one attached hydrogen (secondary N) is 1. The maximum Gasteiger partial charge on any atom is 0.134 e. The first-order valence-corrected chi connectivity index (χ1v) is 6.75. The molecule has 3 N–H and O–H groups in total. The number of thiocarbonyl (C=S) groups is 1. The van der Waals surface area contributed by atoms with Gasteiger partial charge in [-0.2, -0.15) is 5.10 Å². The summed E-state index contributed by atoms with van der Waals surface area (Å²) in [4.78, 5) is 0.349. The molecule has 0 saturated carbocycles. The minimum atomic E-state index is 0.349. The van der Waals surface area contributed by atoms with Crippen LogP contribution in [0, 0.1) is 6.92 Å². The van der Waals surface area contributed by atoms with Crippen molar-refractivity contribution in [2.24, 2.45) is 12.8 Å². The Morgan fingerprint density at radius 3 is 2.75 bits per heavy atom. The van der Waals surface area contributed by atoms with Gasteiger partial charge in [0.05, 0.1) is 17.8 Å². The first-order valence-electron chi connectivity index (χ1n) is 6.34. The van der Waals surface area contributed by atoms with Crippen molar-refractivity contribution in [2.75, 3.05) is 18.5 Å². The van der Waals surface area contributed by atoms with E-state index in [0.29, 0.717) is 18.1 Å². The fourth-order valence-corrected chi connectivity index (χ4v) is 2.26. The van der Waals surface area contributed by atoms with Crippen molar-refractivity contribution >= 4 is 23.0 Å². The molecule has 2 aromatic rings. The SMILES string of the molecule is Cc1nn(C)c(NCCOc2ccccc2)c1C(N)=S. The van der Waals surface area contributed by atoms with Crippen LogP contribution in [-0.4, -0.2) is 27.9 Å². The van der Waals surface area contributed by atoms with E-state index in [1.54, 1.807) is 4.68 Å². The molecule has 20 heavy (non-hydrogen) atoms. The first kappa shape index (κ1) is 14.3. The number of anilines is 1. The highest BCUT2D eigenvalue weighted by molar-refractivity contribution is 7.80. The molecule has 0 atom stereocenters. The van der Waals surface area contributed by atoms with Crippen LogP contribution in [-0.2, 0) is 7.05 Å². The second-order valence-electron chi connectivity index (χ2n) is 4.39. The van der Waals surface area contributed by atoms with Crippen LogP contribution in [0.25, 0.3) is 0 Å². The fourth-order valence-electron chi connectivity index (χ4n) is 2.01. The van der Waals surface area contributed by atoms with Gasteiger partial charge in [0, 0.05) is 7.05 Å². The standard InChI is InChI=1S/C14H18N4OS/c1-10-12(13(15)20)14(18(2)17-10)16-8-9-19-11-6-4-3-5-7-11/h3-7,16H,8-9H2,1-2H3,(H2,15,20). The van der Waals surface area contributed by atoms with E-state index in [2.05, 4.69) is 10.4 Å². The fraction of sp³-hybridized carbons (Fsp3) is 0.286. The molecule has 5 nitrogen and oxygen atoms in total. The van der Waals surface area contributed by atoms with Gasteiger partial charge in [-0.15, -0.1) is 0 Å². The lowest BCUT2D eigenvalue weighted by atomic mass is 10.2. The number of benzene rings is 1. The van der Waals surface area contributed by atoms with Crippen LogP contribution in [0.1, 0.15) is 11.3 Å². The average Bonchev–Trinajstić information content (AvgIpc) is 2.70. The van der Waals surface area contributed by atoms with E-state index in [1.807, 2.05) is 44.3 Å². The summed E-state index contributed by atoms with van der Waals surface area (Å²) in [6, 6.07) is 9.69. The lowest BCUT2D eigenvalue weighted by Crippen LogP contribution is -2.18. The van der Waals surface area contributed by atoms with E-state index in [1.165, 1.54) is 0 Å². The predicted molar refractivity (Wildman–Crippen MR) is 84.3 cm³/mol. The van der Waals surface area contributed by atoms with Crippen molar-refractivity contribution in [2.45, 2.75) is 6.92 Å². The van der Waals surface area contributed by atoms with Crippen LogP contribution in [0.2, 0.25) is 0 Å². The smallest absolute Gasteiger partial charge is 0.134 e. The molecule has 1 aromatic carbocycles. The van der Waals surface area contributed by atoms with Crippen molar-refractivity contribution in [1.29, 1.82) is 0 Å². The molecular weight excluding hydrogens is 272 g/mol. The van der Waals surface area contributed by atoms with Crippen LogP contribution >= 0.6 is 12.2 Å². The van der Waals surface area contributed by atoms with E-state index >= 15 is 0 Å². The third-order valence-corrected chi connectivity index (χ3v) is 3.08. The number of aromatic nitrogens is 2. The van der Waals surface area contributed by atoms with Crippen LogP contribution < -0.4 is 15.8 Å². The minimum Gasteiger partial charge on any atom is -0.492 e. The van der Waals surface area contributed by atoms with Gasteiger partial charge in [-0.3, -0.25) is 4.68 Å². The van der Waals surface area contributed by atoms with E-state index in [0.717, 1.165) is 22.8 Å². The number of aryl methyl sites for hydroxylation is 2. The van der Waals surface area contributed by atoms with Gasteiger partial charge in [0.2, 0.25) is 0 Å². The van der Waals surface area contributed by atoms with Crippen molar-refractivity contribution in [3.05, 3.63) is 41.6 Å². The van der Waals surface area contributed by atoms with Crippen LogP contribution in [0.3, 0.4) is 0 Å². The van der Waals surface area contributed by atoms with E-state index in [4.69, 9.17) is 22.7 Å². The topological polar surface area (TPSA) is 65.1 Å². The van der Waals surface area contributed by atoms with Gasteiger partial charge in [0.1, 0.15) is 23.2 Å². The van der Waals surface area contributed by atoms with E-state index in [-0.39, 0.29) is 0 Å². The van der Waals surface area contributed by atoms with Crippen LogP contribution in [0.15, 0.2) is 30.3 Å². The number of ether oxygens (including phenoxy) is 1.